The number of carbonyl (C=O) groups is 1. The van der Waals surface area contributed by atoms with Crippen LogP contribution in [0.2, 0.25) is 0 Å². The number of ether oxygens (including phenoxy) is 1. The van der Waals surface area contributed by atoms with Gasteiger partial charge in [0.25, 0.3) is 0 Å². The molecule has 0 bridgehead atoms. The van der Waals surface area contributed by atoms with Gasteiger partial charge >= 0.3 is 5.97 Å². The Morgan fingerprint density at radius 3 is 1.70 bits per heavy atom. The average Bonchev–Trinajstić information content (AvgIpc) is 2.47. The van der Waals surface area contributed by atoms with Crippen LogP contribution in [0.25, 0.3) is 0 Å². The topological polar surface area (TPSA) is 26.3 Å². The number of hydrogen-bond donors (Lipinski definition) is 0. The molecule has 2 rings (SSSR count). The highest BCUT2D eigenvalue weighted by atomic mass is 16.6. The Bertz CT molecular complexity index is 606. The molecule has 0 saturated carbocycles. The first-order valence-electron chi connectivity index (χ1n) is 7.93. The van der Waals surface area contributed by atoms with Gasteiger partial charge in [-0.15, -0.1) is 0 Å². The number of rotatable bonds is 5. The summed E-state index contributed by atoms with van der Waals surface area (Å²) in [5, 5.41) is 0. The molecule has 2 aromatic rings. The molecule has 0 aliphatic carbocycles. The highest BCUT2D eigenvalue weighted by Crippen LogP contribution is 2.16. The maximum atomic E-state index is 12.2. The first kappa shape index (κ1) is 17.0. The molecule has 2 heteroatoms. The molecule has 0 unspecified atom stereocenters. The Kier molecular flexibility index (Phi) is 5.75. The Balaban J connectivity index is 2.18. The van der Waals surface area contributed by atoms with Crippen molar-refractivity contribution >= 4 is 5.97 Å². The minimum absolute atomic E-state index is 0.278. The third-order valence-electron chi connectivity index (χ3n) is 3.28. The van der Waals surface area contributed by atoms with Gasteiger partial charge in [0.15, 0.2) is 0 Å². The van der Waals surface area contributed by atoms with E-state index >= 15 is 0 Å². The van der Waals surface area contributed by atoms with Gasteiger partial charge in [-0.05, 0) is 44.7 Å². The SMILES string of the molecule is CC(C)(C)OC(=O)C=C(Cc1ccccc1)Cc1ccccc1. The average molecular weight is 308 g/mol. The summed E-state index contributed by atoms with van der Waals surface area (Å²) in [5.74, 6) is -0.278. The molecule has 0 aromatic heterocycles. The van der Waals surface area contributed by atoms with Crippen LogP contribution in [0.5, 0.6) is 0 Å². The molecule has 0 N–H and O–H groups in total. The van der Waals surface area contributed by atoms with Gasteiger partial charge in [0.1, 0.15) is 5.60 Å². The largest absolute Gasteiger partial charge is 0.457 e. The van der Waals surface area contributed by atoms with Crippen molar-refractivity contribution in [2.75, 3.05) is 0 Å². The van der Waals surface area contributed by atoms with E-state index in [-0.39, 0.29) is 5.97 Å². The predicted molar refractivity (Wildman–Crippen MR) is 94.2 cm³/mol. The van der Waals surface area contributed by atoms with Gasteiger partial charge in [-0.25, -0.2) is 4.79 Å². The molecular weight excluding hydrogens is 284 g/mol. The number of esters is 1. The first-order valence-corrected chi connectivity index (χ1v) is 7.93. The summed E-state index contributed by atoms with van der Waals surface area (Å²) in [6, 6.07) is 20.4. The summed E-state index contributed by atoms with van der Waals surface area (Å²) in [7, 11) is 0. The zero-order valence-corrected chi connectivity index (χ0v) is 14.1. The minimum Gasteiger partial charge on any atom is -0.457 e. The third-order valence-corrected chi connectivity index (χ3v) is 3.28. The molecule has 0 heterocycles. The van der Waals surface area contributed by atoms with Crippen molar-refractivity contribution in [2.45, 2.75) is 39.2 Å². The Hall–Kier alpha value is -2.35. The van der Waals surface area contributed by atoms with Gasteiger partial charge in [-0.2, -0.15) is 0 Å². The predicted octanol–water partition coefficient (Wildman–Crippen LogP) is 4.74. The number of benzene rings is 2. The molecule has 0 aliphatic heterocycles. The molecule has 2 aromatic carbocycles. The van der Waals surface area contributed by atoms with Crippen LogP contribution in [0.1, 0.15) is 31.9 Å². The molecule has 0 radical (unpaired) electrons. The van der Waals surface area contributed by atoms with Crippen molar-refractivity contribution in [1.29, 1.82) is 0 Å². The molecule has 0 aliphatic rings. The van der Waals surface area contributed by atoms with Crippen molar-refractivity contribution in [3.63, 3.8) is 0 Å². The van der Waals surface area contributed by atoms with E-state index < -0.39 is 5.60 Å². The summed E-state index contributed by atoms with van der Waals surface area (Å²) in [6.45, 7) is 5.65. The highest BCUT2D eigenvalue weighted by Gasteiger charge is 2.15. The molecular formula is C21H24O2. The number of hydrogen-bond acceptors (Lipinski definition) is 2. The van der Waals surface area contributed by atoms with Crippen molar-refractivity contribution < 1.29 is 9.53 Å². The highest BCUT2D eigenvalue weighted by molar-refractivity contribution is 5.83. The summed E-state index contributed by atoms with van der Waals surface area (Å²) >= 11 is 0. The fraction of sp³-hybridized carbons (Fsp3) is 0.286. The van der Waals surface area contributed by atoms with E-state index in [1.165, 1.54) is 11.1 Å². The normalized spacial score (nSPS) is 10.9. The van der Waals surface area contributed by atoms with E-state index in [4.69, 9.17) is 4.74 Å². The molecule has 0 amide bonds. The fourth-order valence-electron chi connectivity index (χ4n) is 2.38. The maximum Gasteiger partial charge on any atom is 0.331 e. The lowest BCUT2D eigenvalue weighted by atomic mass is 9.98. The van der Waals surface area contributed by atoms with Crippen LogP contribution < -0.4 is 0 Å². The van der Waals surface area contributed by atoms with E-state index in [2.05, 4.69) is 24.3 Å². The number of carbonyl (C=O) groups excluding carboxylic acids is 1. The lowest BCUT2D eigenvalue weighted by Crippen LogP contribution is -2.23. The van der Waals surface area contributed by atoms with Crippen LogP contribution >= 0.6 is 0 Å². The van der Waals surface area contributed by atoms with Crippen LogP contribution in [0.3, 0.4) is 0 Å². The zero-order valence-electron chi connectivity index (χ0n) is 14.1. The lowest BCUT2D eigenvalue weighted by molar-refractivity contribution is -0.148. The number of allylic oxidation sites excluding steroid dienone is 1. The van der Waals surface area contributed by atoms with Crippen LogP contribution in [0.15, 0.2) is 72.3 Å². The molecule has 120 valence electrons. The summed E-state index contributed by atoms with van der Waals surface area (Å²) in [4.78, 5) is 12.2. The van der Waals surface area contributed by atoms with Crippen molar-refractivity contribution in [1.82, 2.24) is 0 Å². The molecule has 0 atom stereocenters. The fourth-order valence-corrected chi connectivity index (χ4v) is 2.38. The van der Waals surface area contributed by atoms with E-state index in [0.29, 0.717) is 0 Å². The Morgan fingerprint density at radius 2 is 1.30 bits per heavy atom. The summed E-state index contributed by atoms with van der Waals surface area (Å²) in [6.07, 6.45) is 3.13. The molecule has 23 heavy (non-hydrogen) atoms. The molecule has 0 fully saturated rings. The molecule has 2 nitrogen and oxygen atoms in total. The quantitative estimate of drug-likeness (QED) is 0.589. The third kappa shape index (κ3) is 6.52. The van der Waals surface area contributed by atoms with Crippen LogP contribution in [0, 0.1) is 0 Å². The van der Waals surface area contributed by atoms with Gasteiger partial charge in [-0.3, -0.25) is 0 Å². The second-order valence-electron chi connectivity index (χ2n) is 6.66. The van der Waals surface area contributed by atoms with Gasteiger partial charge in [-0.1, -0.05) is 66.2 Å². The van der Waals surface area contributed by atoms with E-state index in [9.17, 15) is 4.79 Å². The van der Waals surface area contributed by atoms with Gasteiger partial charge in [0.05, 0.1) is 0 Å². The summed E-state index contributed by atoms with van der Waals surface area (Å²) < 4.78 is 5.43. The van der Waals surface area contributed by atoms with Gasteiger partial charge in [0, 0.05) is 6.08 Å². The molecule has 0 spiro atoms. The Morgan fingerprint density at radius 1 is 0.870 bits per heavy atom. The van der Waals surface area contributed by atoms with E-state index in [1.807, 2.05) is 57.2 Å². The monoisotopic (exact) mass is 308 g/mol. The smallest absolute Gasteiger partial charge is 0.331 e. The first-order chi connectivity index (χ1) is 10.9. The second kappa shape index (κ2) is 7.77. The van der Waals surface area contributed by atoms with E-state index in [0.717, 1.165) is 18.4 Å². The van der Waals surface area contributed by atoms with Gasteiger partial charge < -0.3 is 4.74 Å². The minimum atomic E-state index is -0.474. The van der Waals surface area contributed by atoms with Crippen molar-refractivity contribution in [3.05, 3.63) is 83.4 Å². The molecule has 0 saturated heterocycles. The zero-order chi connectivity index (χ0) is 16.7. The second-order valence-corrected chi connectivity index (χ2v) is 6.66. The Labute approximate surface area is 138 Å². The van der Waals surface area contributed by atoms with E-state index in [1.54, 1.807) is 6.08 Å². The van der Waals surface area contributed by atoms with Crippen molar-refractivity contribution in [2.24, 2.45) is 0 Å². The van der Waals surface area contributed by atoms with Gasteiger partial charge in [0.2, 0.25) is 0 Å². The van der Waals surface area contributed by atoms with Crippen molar-refractivity contribution in [3.8, 4) is 0 Å². The van der Waals surface area contributed by atoms with Crippen LogP contribution in [0.4, 0.5) is 0 Å². The summed E-state index contributed by atoms with van der Waals surface area (Å²) in [5.41, 5.74) is 2.96. The lowest BCUT2D eigenvalue weighted by Gasteiger charge is -2.18. The maximum absolute atomic E-state index is 12.2. The van der Waals surface area contributed by atoms with Crippen LogP contribution in [-0.2, 0) is 22.4 Å². The van der Waals surface area contributed by atoms with Crippen LogP contribution in [-0.4, -0.2) is 11.6 Å². The standard InChI is InChI=1S/C21H24O2/c1-21(2,3)23-20(22)16-19(14-17-10-6-4-7-11-17)15-18-12-8-5-9-13-18/h4-13,16H,14-15H2,1-3H3.